The van der Waals surface area contributed by atoms with Crippen molar-refractivity contribution in [1.29, 1.82) is 0 Å². The molecule has 0 amide bonds. The van der Waals surface area contributed by atoms with Gasteiger partial charge in [0, 0.05) is 18.3 Å². The summed E-state index contributed by atoms with van der Waals surface area (Å²) in [6.45, 7) is 10.6. The molecule has 0 spiro atoms. The predicted molar refractivity (Wildman–Crippen MR) is 108 cm³/mol. The van der Waals surface area contributed by atoms with E-state index in [0.29, 0.717) is 24.2 Å². The highest BCUT2D eigenvalue weighted by molar-refractivity contribution is 6.62. The number of aryl methyl sites for hydroxylation is 1. The zero-order valence-corrected chi connectivity index (χ0v) is 17.9. The van der Waals surface area contributed by atoms with Gasteiger partial charge in [-0.1, -0.05) is 6.07 Å². The lowest BCUT2D eigenvalue weighted by Crippen LogP contribution is -2.41. The Morgan fingerprint density at radius 2 is 1.77 bits per heavy atom. The Bertz CT molecular complexity index is 918. The molecule has 30 heavy (non-hydrogen) atoms. The Morgan fingerprint density at radius 1 is 1.10 bits per heavy atom. The van der Waals surface area contributed by atoms with Crippen LogP contribution >= 0.6 is 0 Å². The lowest BCUT2D eigenvalue weighted by molar-refractivity contribution is -0.0403. The van der Waals surface area contributed by atoms with Crippen LogP contribution in [0.15, 0.2) is 24.4 Å². The minimum atomic E-state index is -0.717. The molecule has 4 rings (SSSR count). The molecule has 0 atom stereocenters. The molecule has 0 unspecified atom stereocenters. The number of hydrogen-bond acceptors (Lipinski definition) is 7. The van der Waals surface area contributed by atoms with Crippen molar-refractivity contribution in [1.82, 2.24) is 9.97 Å². The highest BCUT2D eigenvalue weighted by Gasteiger charge is 2.52. The molecule has 0 bridgehead atoms. The molecule has 0 N–H and O–H groups in total. The van der Waals surface area contributed by atoms with Crippen molar-refractivity contribution in [3.05, 3.63) is 41.5 Å². The van der Waals surface area contributed by atoms with E-state index in [1.165, 1.54) is 0 Å². The summed E-state index contributed by atoms with van der Waals surface area (Å²) in [5.74, 6) is -0.514. The highest BCUT2D eigenvalue weighted by Crippen LogP contribution is 2.37. The van der Waals surface area contributed by atoms with Gasteiger partial charge in [-0.3, -0.25) is 0 Å². The average molecular weight is 416 g/mol. The van der Waals surface area contributed by atoms with Gasteiger partial charge in [0.05, 0.1) is 24.4 Å². The van der Waals surface area contributed by atoms with Gasteiger partial charge >= 0.3 is 13.1 Å². The number of ether oxygens (including phenoxy) is 3. The maximum absolute atomic E-state index is 15.6. The largest absolute Gasteiger partial charge is 0.495 e. The first-order valence-corrected chi connectivity index (χ1v) is 10.0. The molecule has 160 valence electrons. The first-order valence-electron chi connectivity index (χ1n) is 10.0. The zero-order valence-electron chi connectivity index (χ0n) is 17.9. The van der Waals surface area contributed by atoms with Gasteiger partial charge < -0.3 is 23.5 Å². The standard InChI is InChI=1S/C21H26BFN2O5/c1-13-8-9-24-19(25-13)28-16-7-6-15(22-29-20(2,3)21(4,5)30-22)14(18(16)23)12-17-26-10-11-27-17/h6-9,17H,10-12H2,1-5H3. The van der Waals surface area contributed by atoms with Crippen molar-refractivity contribution in [2.24, 2.45) is 0 Å². The second kappa shape index (κ2) is 7.88. The first-order chi connectivity index (χ1) is 14.2. The number of halogens is 1. The quantitative estimate of drug-likeness (QED) is 0.694. The maximum Gasteiger partial charge on any atom is 0.495 e. The van der Waals surface area contributed by atoms with Crippen molar-refractivity contribution in [3.63, 3.8) is 0 Å². The molecule has 2 aliphatic rings. The van der Waals surface area contributed by atoms with Gasteiger partial charge in [0.2, 0.25) is 0 Å². The van der Waals surface area contributed by atoms with Gasteiger partial charge in [0.25, 0.3) is 0 Å². The summed E-state index contributed by atoms with van der Waals surface area (Å²) in [7, 11) is -0.717. The summed E-state index contributed by atoms with van der Waals surface area (Å²) >= 11 is 0. The minimum absolute atomic E-state index is 0.0221. The molecule has 2 fully saturated rings. The van der Waals surface area contributed by atoms with Crippen LogP contribution in [-0.4, -0.2) is 47.8 Å². The van der Waals surface area contributed by atoms with E-state index in [4.69, 9.17) is 23.5 Å². The Kier molecular flexibility index (Phi) is 5.57. The Morgan fingerprint density at radius 3 is 2.40 bits per heavy atom. The molecule has 9 heteroatoms. The molecule has 7 nitrogen and oxygen atoms in total. The smallest absolute Gasteiger partial charge is 0.421 e. The molecule has 0 saturated carbocycles. The van der Waals surface area contributed by atoms with E-state index in [1.54, 1.807) is 24.4 Å². The van der Waals surface area contributed by atoms with Crippen LogP contribution in [0.4, 0.5) is 4.39 Å². The number of rotatable bonds is 5. The van der Waals surface area contributed by atoms with Crippen LogP contribution in [0.2, 0.25) is 0 Å². The predicted octanol–water partition coefficient (Wildman–Crippen LogP) is 2.93. The molecule has 2 aromatic rings. The normalized spacial score (nSPS) is 20.7. The summed E-state index contributed by atoms with van der Waals surface area (Å²) < 4.78 is 44.6. The van der Waals surface area contributed by atoms with Gasteiger partial charge in [-0.05, 0) is 57.8 Å². The average Bonchev–Trinajstić information content (AvgIpc) is 3.24. The third kappa shape index (κ3) is 4.07. The number of aromatic nitrogens is 2. The molecule has 3 heterocycles. The van der Waals surface area contributed by atoms with E-state index < -0.39 is 30.4 Å². The SMILES string of the molecule is Cc1ccnc(Oc2ccc(B3OC(C)(C)C(C)(C)O3)c(CC3OCCO3)c2F)n1. The molecule has 2 aliphatic heterocycles. The van der Waals surface area contributed by atoms with E-state index in [-0.39, 0.29) is 18.2 Å². The molecule has 0 aliphatic carbocycles. The summed E-state index contributed by atoms with van der Waals surface area (Å²) in [5, 5.41) is 0. The van der Waals surface area contributed by atoms with Crippen molar-refractivity contribution < 1.29 is 27.9 Å². The van der Waals surface area contributed by atoms with E-state index >= 15 is 4.39 Å². The van der Waals surface area contributed by atoms with Crippen molar-refractivity contribution in [2.75, 3.05) is 13.2 Å². The van der Waals surface area contributed by atoms with Crippen LogP contribution in [0.25, 0.3) is 0 Å². The molecule has 2 saturated heterocycles. The fourth-order valence-electron chi connectivity index (χ4n) is 3.36. The first kappa shape index (κ1) is 21.2. The van der Waals surface area contributed by atoms with Crippen molar-refractivity contribution >= 4 is 12.6 Å². The number of benzene rings is 1. The van der Waals surface area contributed by atoms with E-state index in [9.17, 15) is 0 Å². The molecular formula is C21H26BFN2O5. The fourth-order valence-corrected chi connectivity index (χ4v) is 3.36. The van der Waals surface area contributed by atoms with Crippen molar-refractivity contribution in [2.45, 2.75) is 58.5 Å². The summed E-state index contributed by atoms with van der Waals surface area (Å²) in [6.07, 6.45) is 1.23. The third-order valence-corrected chi connectivity index (χ3v) is 5.79. The van der Waals surface area contributed by atoms with Crippen LogP contribution in [0.5, 0.6) is 11.8 Å². The number of hydrogen-bond donors (Lipinski definition) is 0. The third-order valence-electron chi connectivity index (χ3n) is 5.79. The summed E-state index contributed by atoms with van der Waals surface area (Å²) in [6, 6.07) is 5.11. The monoisotopic (exact) mass is 416 g/mol. The topological polar surface area (TPSA) is 71.9 Å². The zero-order chi connectivity index (χ0) is 21.5. The van der Waals surface area contributed by atoms with Crippen LogP contribution in [-0.2, 0) is 25.2 Å². The van der Waals surface area contributed by atoms with Crippen LogP contribution < -0.4 is 10.2 Å². The Hall–Kier alpha value is -2.07. The molecular weight excluding hydrogens is 390 g/mol. The fraction of sp³-hybridized carbons (Fsp3) is 0.524. The lowest BCUT2D eigenvalue weighted by Gasteiger charge is -2.32. The van der Waals surface area contributed by atoms with E-state index in [0.717, 1.165) is 5.69 Å². The number of nitrogens with zero attached hydrogens (tertiary/aromatic N) is 2. The summed E-state index contributed by atoms with van der Waals surface area (Å²) in [4.78, 5) is 8.23. The molecule has 0 radical (unpaired) electrons. The Balaban J connectivity index is 1.70. The summed E-state index contributed by atoms with van der Waals surface area (Å²) in [5.41, 5.74) is 0.586. The lowest BCUT2D eigenvalue weighted by atomic mass is 9.75. The second-order valence-corrected chi connectivity index (χ2v) is 8.49. The van der Waals surface area contributed by atoms with Gasteiger partial charge in [-0.15, -0.1) is 0 Å². The Labute approximate surface area is 176 Å². The second-order valence-electron chi connectivity index (χ2n) is 8.49. The molecule has 1 aromatic heterocycles. The van der Waals surface area contributed by atoms with E-state index in [1.807, 2.05) is 34.6 Å². The van der Waals surface area contributed by atoms with Crippen LogP contribution in [0.1, 0.15) is 39.0 Å². The molecule has 1 aromatic carbocycles. The van der Waals surface area contributed by atoms with Gasteiger partial charge in [0.1, 0.15) is 0 Å². The van der Waals surface area contributed by atoms with Crippen LogP contribution in [0, 0.1) is 12.7 Å². The highest BCUT2D eigenvalue weighted by atomic mass is 19.1. The maximum atomic E-state index is 15.6. The minimum Gasteiger partial charge on any atom is -0.421 e. The van der Waals surface area contributed by atoms with Crippen LogP contribution in [0.3, 0.4) is 0 Å². The van der Waals surface area contributed by atoms with Gasteiger partial charge in [0.15, 0.2) is 17.9 Å². The van der Waals surface area contributed by atoms with E-state index in [2.05, 4.69) is 9.97 Å². The van der Waals surface area contributed by atoms with Gasteiger partial charge in [-0.25, -0.2) is 14.4 Å². The van der Waals surface area contributed by atoms with Gasteiger partial charge in [-0.2, -0.15) is 0 Å². The van der Waals surface area contributed by atoms with Crippen molar-refractivity contribution in [3.8, 4) is 11.8 Å².